The summed E-state index contributed by atoms with van der Waals surface area (Å²) in [4.78, 5) is 17.6. The molecule has 0 aliphatic carbocycles. The molecule has 0 aromatic carbocycles. The Morgan fingerprint density at radius 1 is 1.28 bits per heavy atom. The van der Waals surface area contributed by atoms with E-state index in [9.17, 15) is 4.79 Å². The van der Waals surface area contributed by atoms with Crippen molar-refractivity contribution in [2.45, 2.75) is 84.5 Å². The van der Waals surface area contributed by atoms with Crippen molar-refractivity contribution in [2.24, 2.45) is 5.92 Å². The highest BCUT2D eigenvalue weighted by atomic mass is 32.1. The van der Waals surface area contributed by atoms with Crippen LogP contribution in [0.1, 0.15) is 66.7 Å². The maximum absolute atomic E-state index is 13.1. The van der Waals surface area contributed by atoms with E-state index in [1.54, 1.807) is 0 Å². The third-order valence-electron chi connectivity index (χ3n) is 6.04. The summed E-state index contributed by atoms with van der Waals surface area (Å²) in [7, 11) is 0. The lowest BCUT2D eigenvalue weighted by atomic mass is 9.94. The highest BCUT2D eigenvalue weighted by Crippen LogP contribution is 2.36. The summed E-state index contributed by atoms with van der Waals surface area (Å²) in [6, 6.07) is 0.224. The number of hydrogen-bond acceptors (Lipinski definition) is 3. The van der Waals surface area contributed by atoms with Gasteiger partial charge in [-0.2, -0.15) is 0 Å². The Hall–Kier alpha value is -0.880. The highest BCUT2D eigenvalue weighted by molar-refractivity contribution is 7.80. The van der Waals surface area contributed by atoms with Crippen LogP contribution in [0, 0.1) is 5.92 Å². The minimum absolute atomic E-state index is 0.0456. The number of carbonyl (C=O) groups excluding carboxylic acids is 1. The predicted molar refractivity (Wildman–Crippen MR) is 107 cm³/mol. The first-order valence-electron chi connectivity index (χ1n) is 10.0. The third-order valence-corrected chi connectivity index (χ3v) is 6.44. The summed E-state index contributed by atoms with van der Waals surface area (Å²) in [6.45, 7) is 13.6. The number of hydrogen-bond donors (Lipinski definition) is 2. The molecule has 144 valence electrons. The maximum Gasteiger partial charge on any atom is 0.241 e. The summed E-state index contributed by atoms with van der Waals surface area (Å²) in [5, 5.41) is 7.94. The fraction of sp³-hybridized carbons (Fsp3) is 0.895. The fourth-order valence-corrected chi connectivity index (χ4v) is 4.32. The first-order valence-corrected chi connectivity index (χ1v) is 10.4. The average Bonchev–Trinajstić information content (AvgIpc) is 2.91. The van der Waals surface area contributed by atoms with Crippen LogP contribution in [-0.2, 0) is 4.79 Å². The van der Waals surface area contributed by atoms with Crippen molar-refractivity contribution in [3.8, 4) is 0 Å². The van der Waals surface area contributed by atoms with Crippen LogP contribution in [0.4, 0.5) is 0 Å². The molecule has 1 amide bonds. The first-order chi connectivity index (χ1) is 11.9. The standard InChI is InChI=1S/C19H36N4OS/c1-6-11-20-18(25)22-12-9-19(10-13-22)21-16(14(4)7-2)17(24)23(19)15(5)8-3/h14-16,21H,6-13H2,1-5H3,(H,20,25)/t14-,15-,16+/m0/s1. The highest BCUT2D eigenvalue weighted by Gasteiger charge is 2.53. The minimum Gasteiger partial charge on any atom is -0.363 e. The summed E-state index contributed by atoms with van der Waals surface area (Å²) in [6.07, 6.45) is 4.95. The lowest BCUT2D eigenvalue weighted by molar-refractivity contribution is -0.136. The van der Waals surface area contributed by atoms with E-state index in [0.29, 0.717) is 11.8 Å². The maximum atomic E-state index is 13.1. The second-order valence-corrected chi connectivity index (χ2v) is 8.11. The lowest BCUT2D eigenvalue weighted by Gasteiger charge is -2.47. The number of carbonyl (C=O) groups is 1. The van der Waals surface area contributed by atoms with Crippen LogP contribution in [0.3, 0.4) is 0 Å². The van der Waals surface area contributed by atoms with Crippen molar-refractivity contribution in [3.05, 3.63) is 0 Å². The average molecular weight is 369 g/mol. The van der Waals surface area contributed by atoms with E-state index in [0.717, 1.165) is 56.9 Å². The largest absolute Gasteiger partial charge is 0.363 e. The van der Waals surface area contributed by atoms with Crippen LogP contribution in [0.5, 0.6) is 0 Å². The molecule has 0 unspecified atom stereocenters. The third kappa shape index (κ3) is 4.11. The van der Waals surface area contributed by atoms with Gasteiger partial charge >= 0.3 is 0 Å². The zero-order valence-corrected chi connectivity index (χ0v) is 17.4. The number of nitrogens with zero attached hydrogens (tertiary/aromatic N) is 2. The predicted octanol–water partition coefficient (Wildman–Crippen LogP) is 2.71. The molecule has 2 heterocycles. The zero-order chi connectivity index (χ0) is 18.6. The van der Waals surface area contributed by atoms with Crippen molar-refractivity contribution in [1.29, 1.82) is 0 Å². The van der Waals surface area contributed by atoms with Gasteiger partial charge in [0.15, 0.2) is 5.11 Å². The molecular weight excluding hydrogens is 332 g/mol. The van der Waals surface area contributed by atoms with Crippen LogP contribution in [-0.4, -0.2) is 58.2 Å². The van der Waals surface area contributed by atoms with E-state index >= 15 is 0 Å². The lowest BCUT2D eigenvalue weighted by Crippen LogP contribution is -2.62. The van der Waals surface area contributed by atoms with Crippen LogP contribution >= 0.6 is 12.2 Å². The molecule has 2 fully saturated rings. The molecule has 3 atom stereocenters. The number of rotatable bonds is 6. The van der Waals surface area contributed by atoms with Crippen LogP contribution in [0.15, 0.2) is 0 Å². The Morgan fingerprint density at radius 2 is 1.92 bits per heavy atom. The van der Waals surface area contributed by atoms with Crippen molar-refractivity contribution >= 4 is 23.2 Å². The molecule has 0 saturated carbocycles. The van der Waals surface area contributed by atoms with Gasteiger partial charge < -0.3 is 15.1 Å². The SMILES string of the molecule is CCCNC(=S)N1CCC2(CC1)N[C@H]([C@@H](C)CC)C(=O)N2[C@@H](C)CC. The van der Waals surface area contributed by atoms with Gasteiger partial charge in [-0.1, -0.05) is 34.1 Å². The van der Waals surface area contributed by atoms with E-state index < -0.39 is 0 Å². The van der Waals surface area contributed by atoms with Gasteiger partial charge in [-0.25, -0.2) is 0 Å². The number of amides is 1. The number of likely N-dealkylation sites (tertiary alicyclic amines) is 1. The molecule has 6 heteroatoms. The van der Waals surface area contributed by atoms with Gasteiger partial charge in [0.1, 0.15) is 0 Å². The molecule has 2 aliphatic heterocycles. The van der Waals surface area contributed by atoms with Crippen molar-refractivity contribution < 1.29 is 4.79 Å². The Morgan fingerprint density at radius 3 is 2.44 bits per heavy atom. The van der Waals surface area contributed by atoms with Crippen molar-refractivity contribution in [2.75, 3.05) is 19.6 Å². The van der Waals surface area contributed by atoms with Gasteiger partial charge in [-0.3, -0.25) is 10.1 Å². The molecule has 0 aromatic rings. The topological polar surface area (TPSA) is 47.6 Å². The second kappa shape index (κ2) is 8.67. The van der Waals surface area contributed by atoms with E-state index in [2.05, 4.69) is 55.1 Å². The minimum atomic E-state index is -0.197. The second-order valence-electron chi connectivity index (χ2n) is 7.72. The van der Waals surface area contributed by atoms with E-state index in [4.69, 9.17) is 12.2 Å². The molecule has 1 spiro atoms. The van der Waals surface area contributed by atoms with E-state index in [1.807, 2.05) is 0 Å². The molecule has 2 aliphatic rings. The van der Waals surface area contributed by atoms with Gasteiger partial charge in [-0.15, -0.1) is 0 Å². The summed E-state index contributed by atoms with van der Waals surface area (Å²) in [5.41, 5.74) is -0.197. The van der Waals surface area contributed by atoms with Crippen LogP contribution in [0.25, 0.3) is 0 Å². The summed E-state index contributed by atoms with van der Waals surface area (Å²) < 4.78 is 0. The Bertz CT molecular complexity index is 476. The van der Waals surface area contributed by atoms with Gasteiger partial charge in [0.2, 0.25) is 5.91 Å². The first kappa shape index (κ1) is 20.4. The van der Waals surface area contributed by atoms with Crippen molar-refractivity contribution in [3.63, 3.8) is 0 Å². The van der Waals surface area contributed by atoms with E-state index in [1.165, 1.54) is 0 Å². The summed E-state index contributed by atoms with van der Waals surface area (Å²) in [5.74, 6) is 0.660. The Kier molecular flexibility index (Phi) is 7.09. The molecule has 0 radical (unpaired) electrons. The Balaban J connectivity index is 2.12. The normalized spacial score (nSPS) is 25.3. The zero-order valence-electron chi connectivity index (χ0n) is 16.6. The molecule has 5 nitrogen and oxygen atoms in total. The molecule has 0 bridgehead atoms. The van der Waals surface area contributed by atoms with Gasteiger partial charge in [0, 0.05) is 38.5 Å². The Labute approximate surface area is 158 Å². The van der Waals surface area contributed by atoms with Gasteiger partial charge in [0.05, 0.1) is 11.7 Å². The van der Waals surface area contributed by atoms with Crippen LogP contribution < -0.4 is 10.6 Å². The molecule has 25 heavy (non-hydrogen) atoms. The quantitative estimate of drug-likeness (QED) is 0.706. The van der Waals surface area contributed by atoms with Crippen molar-refractivity contribution in [1.82, 2.24) is 20.4 Å². The molecular formula is C19H36N4OS. The monoisotopic (exact) mass is 368 g/mol. The fourth-order valence-electron chi connectivity index (χ4n) is 4.03. The molecule has 0 aromatic heterocycles. The van der Waals surface area contributed by atoms with Gasteiger partial charge in [0.25, 0.3) is 0 Å². The molecule has 2 rings (SSSR count). The summed E-state index contributed by atoms with van der Waals surface area (Å²) >= 11 is 5.53. The number of thiocarbonyl (C=S) groups is 1. The van der Waals surface area contributed by atoms with Crippen LogP contribution in [0.2, 0.25) is 0 Å². The molecule has 2 N–H and O–H groups in total. The number of piperidine rings is 1. The molecule has 2 saturated heterocycles. The smallest absolute Gasteiger partial charge is 0.241 e. The van der Waals surface area contributed by atoms with E-state index in [-0.39, 0.29) is 17.7 Å². The van der Waals surface area contributed by atoms with Gasteiger partial charge in [-0.05, 0) is 37.9 Å². The number of nitrogens with one attached hydrogen (secondary N) is 2.